The first-order chi connectivity index (χ1) is 9.39. The maximum Gasteiger partial charge on any atom is 0.296 e. The second kappa shape index (κ2) is 4.78. The van der Waals surface area contributed by atoms with Crippen LogP contribution in [0.3, 0.4) is 0 Å². The fourth-order valence-electron chi connectivity index (χ4n) is 1.97. The average Bonchev–Trinajstić information content (AvgIpc) is 3.10. The van der Waals surface area contributed by atoms with Gasteiger partial charge in [0.15, 0.2) is 5.82 Å². The van der Waals surface area contributed by atoms with Crippen molar-refractivity contribution in [1.82, 2.24) is 14.8 Å². The summed E-state index contributed by atoms with van der Waals surface area (Å²) in [5, 5.41) is 7.22. The molecule has 20 heavy (non-hydrogen) atoms. The van der Waals surface area contributed by atoms with Crippen molar-refractivity contribution in [2.45, 2.75) is 24.0 Å². The molecule has 1 aliphatic rings. The van der Waals surface area contributed by atoms with Crippen molar-refractivity contribution in [3.05, 3.63) is 28.5 Å². The van der Waals surface area contributed by atoms with Crippen molar-refractivity contribution >= 4 is 35.7 Å². The number of nitrogens with zero attached hydrogens (tertiary/aromatic N) is 3. The average molecular weight is 381 g/mol. The van der Waals surface area contributed by atoms with Crippen LogP contribution in [0.25, 0.3) is 11.4 Å². The summed E-state index contributed by atoms with van der Waals surface area (Å²) in [5.41, 5.74) is 0.441. The first kappa shape index (κ1) is 14.0. The molecule has 0 saturated heterocycles. The third kappa shape index (κ3) is 2.36. The van der Waals surface area contributed by atoms with Crippen LogP contribution in [0.2, 0.25) is 0 Å². The highest BCUT2D eigenvalue weighted by Crippen LogP contribution is 2.41. The van der Waals surface area contributed by atoms with Gasteiger partial charge in [-0.05, 0) is 40.9 Å². The highest BCUT2D eigenvalue weighted by Gasteiger charge is 2.34. The third-order valence-corrected chi connectivity index (χ3v) is 4.92. The number of benzene rings is 1. The number of halogens is 3. The predicted molar refractivity (Wildman–Crippen MR) is 74.4 cm³/mol. The molecule has 0 aliphatic heterocycles. The van der Waals surface area contributed by atoms with E-state index < -0.39 is 14.9 Å². The molecular formula is C11H8BrClFN3O2S. The van der Waals surface area contributed by atoms with Crippen LogP contribution in [-0.2, 0) is 9.05 Å². The molecule has 106 valence electrons. The molecule has 3 rings (SSSR count). The molecule has 0 radical (unpaired) electrons. The molecule has 1 heterocycles. The Labute approximate surface area is 127 Å². The van der Waals surface area contributed by atoms with Crippen LogP contribution in [0.5, 0.6) is 0 Å². The van der Waals surface area contributed by atoms with Gasteiger partial charge < -0.3 is 0 Å². The fraction of sp³-hybridized carbons (Fsp3) is 0.273. The van der Waals surface area contributed by atoms with Crippen molar-refractivity contribution in [2.24, 2.45) is 0 Å². The molecule has 9 heteroatoms. The van der Waals surface area contributed by atoms with E-state index in [0.29, 0.717) is 5.56 Å². The lowest BCUT2D eigenvalue weighted by Crippen LogP contribution is -2.06. The van der Waals surface area contributed by atoms with Gasteiger partial charge in [0, 0.05) is 22.3 Å². The van der Waals surface area contributed by atoms with Crippen LogP contribution < -0.4 is 0 Å². The smallest absolute Gasteiger partial charge is 0.294 e. The molecule has 0 atom stereocenters. The lowest BCUT2D eigenvalue weighted by atomic mass is 10.2. The predicted octanol–water partition coefficient (Wildman–Crippen LogP) is 3.11. The number of hydrogen-bond donors (Lipinski definition) is 0. The molecule has 0 spiro atoms. The van der Waals surface area contributed by atoms with Gasteiger partial charge in [-0.2, -0.15) is 0 Å². The van der Waals surface area contributed by atoms with Gasteiger partial charge in [0.1, 0.15) is 5.82 Å². The van der Waals surface area contributed by atoms with E-state index in [4.69, 9.17) is 10.7 Å². The summed E-state index contributed by atoms with van der Waals surface area (Å²) in [6.45, 7) is 0. The summed E-state index contributed by atoms with van der Waals surface area (Å²) in [7, 11) is 1.37. The lowest BCUT2D eigenvalue weighted by molar-refractivity contribution is 0.579. The number of aromatic nitrogens is 3. The zero-order valence-corrected chi connectivity index (χ0v) is 13.1. The summed E-state index contributed by atoms with van der Waals surface area (Å²) >= 11 is 3.14. The Bertz CT molecular complexity index is 789. The Hall–Kier alpha value is -0.990. The van der Waals surface area contributed by atoms with Crippen LogP contribution in [-0.4, -0.2) is 23.2 Å². The fourth-order valence-corrected chi connectivity index (χ4v) is 3.33. The topological polar surface area (TPSA) is 64.8 Å². The number of hydrogen-bond acceptors (Lipinski definition) is 4. The van der Waals surface area contributed by atoms with Gasteiger partial charge in [0.25, 0.3) is 14.2 Å². The first-order valence-corrected chi connectivity index (χ1v) is 8.84. The maximum absolute atomic E-state index is 13.6. The molecule has 1 saturated carbocycles. The molecule has 2 aromatic rings. The third-order valence-electron chi connectivity index (χ3n) is 2.99. The van der Waals surface area contributed by atoms with Gasteiger partial charge in [-0.1, -0.05) is 6.07 Å². The maximum atomic E-state index is 13.6. The molecule has 0 bridgehead atoms. The minimum Gasteiger partial charge on any atom is -0.294 e. The standard InChI is InChI=1S/C11H8BrClFN3O2S/c12-9-7(2-1-3-8(9)14)10-15-16-11(20(13,18)19)17(10)6-4-5-6/h1-3,6H,4-5H2. The van der Waals surface area contributed by atoms with Gasteiger partial charge in [0.05, 0.1) is 4.47 Å². The zero-order chi connectivity index (χ0) is 14.5. The van der Waals surface area contributed by atoms with Crippen molar-refractivity contribution in [3.63, 3.8) is 0 Å². The highest BCUT2D eigenvalue weighted by atomic mass is 79.9. The Balaban J connectivity index is 2.25. The Kier molecular flexibility index (Phi) is 3.34. The van der Waals surface area contributed by atoms with E-state index in [1.165, 1.54) is 16.7 Å². The van der Waals surface area contributed by atoms with E-state index in [1.807, 2.05) is 0 Å². The van der Waals surface area contributed by atoms with Crippen molar-refractivity contribution in [1.29, 1.82) is 0 Å². The van der Waals surface area contributed by atoms with Crippen molar-refractivity contribution < 1.29 is 12.8 Å². The normalized spacial score (nSPS) is 15.6. The zero-order valence-electron chi connectivity index (χ0n) is 9.92. The molecule has 1 aromatic heterocycles. The molecule has 1 fully saturated rings. The van der Waals surface area contributed by atoms with Gasteiger partial charge in [-0.15, -0.1) is 10.2 Å². The van der Waals surface area contributed by atoms with Crippen LogP contribution in [0.15, 0.2) is 27.8 Å². The summed E-state index contributed by atoms with van der Waals surface area (Å²) in [5.74, 6) is -0.166. The second-order valence-electron chi connectivity index (χ2n) is 4.45. The molecule has 1 aliphatic carbocycles. The van der Waals surface area contributed by atoms with Crippen LogP contribution >= 0.6 is 26.6 Å². The van der Waals surface area contributed by atoms with Gasteiger partial charge in [-0.25, -0.2) is 12.8 Å². The summed E-state index contributed by atoms with van der Waals surface area (Å²) in [4.78, 5) is 0. The van der Waals surface area contributed by atoms with Crippen molar-refractivity contribution in [2.75, 3.05) is 0 Å². The summed E-state index contributed by atoms with van der Waals surface area (Å²) in [6, 6.07) is 4.44. The van der Waals surface area contributed by atoms with E-state index in [0.717, 1.165) is 12.8 Å². The molecular weight excluding hydrogens is 373 g/mol. The molecule has 0 N–H and O–H groups in total. The Morgan fingerprint density at radius 1 is 1.35 bits per heavy atom. The van der Waals surface area contributed by atoms with Crippen molar-refractivity contribution in [3.8, 4) is 11.4 Å². The molecule has 0 amide bonds. The van der Waals surface area contributed by atoms with E-state index >= 15 is 0 Å². The first-order valence-electron chi connectivity index (χ1n) is 5.73. The quantitative estimate of drug-likeness (QED) is 0.768. The van der Waals surface area contributed by atoms with Gasteiger partial charge >= 0.3 is 0 Å². The van der Waals surface area contributed by atoms with E-state index in [9.17, 15) is 12.8 Å². The Morgan fingerprint density at radius 3 is 2.65 bits per heavy atom. The van der Waals surface area contributed by atoms with Gasteiger partial charge in [0.2, 0.25) is 0 Å². The molecule has 5 nitrogen and oxygen atoms in total. The Morgan fingerprint density at radius 2 is 2.05 bits per heavy atom. The van der Waals surface area contributed by atoms with E-state index in [1.54, 1.807) is 6.07 Å². The minimum atomic E-state index is -4.00. The van der Waals surface area contributed by atoms with Crippen LogP contribution in [0, 0.1) is 5.82 Å². The van der Waals surface area contributed by atoms with E-state index in [2.05, 4.69) is 26.1 Å². The minimum absolute atomic E-state index is 0.0151. The molecule has 0 unspecified atom stereocenters. The second-order valence-corrected chi connectivity index (χ2v) is 7.70. The highest BCUT2D eigenvalue weighted by molar-refractivity contribution is 9.10. The van der Waals surface area contributed by atoms with Gasteiger partial charge in [-0.3, -0.25) is 4.57 Å². The lowest BCUT2D eigenvalue weighted by Gasteiger charge is -2.09. The van der Waals surface area contributed by atoms with Crippen LogP contribution in [0.1, 0.15) is 18.9 Å². The summed E-state index contributed by atoms with van der Waals surface area (Å²) in [6.07, 6.45) is 1.63. The van der Waals surface area contributed by atoms with E-state index in [-0.39, 0.29) is 21.5 Å². The monoisotopic (exact) mass is 379 g/mol. The summed E-state index contributed by atoms with van der Waals surface area (Å²) < 4.78 is 38.4. The SMILES string of the molecule is O=S(=O)(Cl)c1nnc(-c2cccc(F)c2Br)n1C1CC1. The number of rotatable bonds is 3. The largest absolute Gasteiger partial charge is 0.296 e. The van der Waals surface area contributed by atoms with Crippen LogP contribution in [0.4, 0.5) is 4.39 Å². The molecule has 1 aromatic carbocycles.